The van der Waals surface area contributed by atoms with Crippen molar-refractivity contribution in [1.29, 1.82) is 0 Å². The maximum absolute atomic E-state index is 2.45. The number of rotatable bonds is 3. The summed E-state index contributed by atoms with van der Waals surface area (Å²) in [4.78, 5) is 0. The summed E-state index contributed by atoms with van der Waals surface area (Å²) < 4.78 is 0. The highest BCUT2D eigenvalue weighted by molar-refractivity contribution is 7.58. The lowest BCUT2D eigenvalue weighted by Gasteiger charge is -2.20. The fourth-order valence-corrected chi connectivity index (χ4v) is 2.77. The minimum atomic E-state index is -0.203. The van der Waals surface area contributed by atoms with Gasteiger partial charge in [-0.1, -0.05) is 30.3 Å². The Morgan fingerprint density at radius 3 is 2.14 bits per heavy atom. The Hall–Kier alpha value is -0.350. The molecule has 0 aliphatic carbocycles. The SMILES string of the molecule is C[PH+](CCc1ccccc1)C(C)(C)C. The van der Waals surface area contributed by atoms with Crippen molar-refractivity contribution in [2.75, 3.05) is 12.8 Å². The maximum atomic E-state index is 2.45. The molecule has 0 N–H and O–H groups in total. The van der Waals surface area contributed by atoms with Crippen LogP contribution in [0.15, 0.2) is 30.3 Å². The van der Waals surface area contributed by atoms with Crippen molar-refractivity contribution in [3.63, 3.8) is 0 Å². The standard InChI is InChI=1S/C13H21P/c1-13(2,3)14(4)11-10-12-8-6-5-7-9-12/h5-9H,10-11H2,1-4H3/p+1. The fourth-order valence-electron chi connectivity index (χ4n) is 1.35. The van der Waals surface area contributed by atoms with Gasteiger partial charge < -0.3 is 0 Å². The second kappa shape index (κ2) is 4.94. The number of hydrogen-bond donors (Lipinski definition) is 0. The van der Waals surface area contributed by atoms with E-state index in [1.807, 2.05) is 0 Å². The van der Waals surface area contributed by atoms with Gasteiger partial charge in [0.25, 0.3) is 0 Å². The van der Waals surface area contributed by atoms with Crippen molar-refractivity contribution in [3.05, 3.63) is 35.9 Å². The second-order valence-electron chi connectivity index (χ2n) is 5.02. The van der Waals surface area contributed by atoms with Crippen molar-refractivity contribution < 1.29 is 0 Å². The third kappa shape index (κ3) is 3.80. The summed E-state index contributed by atoms with van der Waals surface area (Å²) in [5.74, 6) is 0. The molecule has 0 aliphatic heterocycles. The Balaban J connectivity index is 2.42. The molecule has 1 aromatic rings. The summed E-state index contributed by atoms with van der Waals surface area (Å²) in [6.07, 6.45) is 2.64. The molecular formula is C13H22P+. The highest BCUT2D eigenvalue weighted by Gasteiger charge is 2.26. The molecule has 1 aromatic carbocycles. The number of aryl methyl sites for hydroxylation is 1. The Morgan fingerprint density at radius 2 is 1.64 bits per heavy atom. The van der Waals surface area contributed by atoms with E-state index in [4.69, 9.17) is 0 Å². The minimum Gasteiger partial charge on any atom is -0.0622 e. The van der Waals surface area contributed by atoms with E-state index in [1.54, 1.807) is 0 Å². The van der Waals surface area contributed by atoms with Crippen LogP contribution in [0.5, 0.6) is 0 Å². The number of benzene rings is 1. The van der Waals surface area contributed by atoms with Gasteiger partial charge in [0.1, 0.15) is 0 Å². The molecule has 0 spiro atoms. The van der Waals surface area contributed by atoms with Crippen LogP contribution in [0.4, 0.5) is 0 Å². The van der Waals surface area contributed by atoms with Crippen LogP contribution in [-0.4, -0.2) is 18.0 Å². The van der Waals surface area contributed by atoms with Gasteiger partial charge in [0.15, 0.2) is 0 Å². The molecule has 0 saturated heterocycles. The van der Waals surface area contributed by atoms with Gasteiger partial charge in [0.05, 0.1) is 11.3 Å². The summed E-state index contributed by atoms with van der Waals surface area (Å²) in [6, 6.07) is 10.8. The Labute approximate surface area is 89.5 Å². The molecule has 0 saturated carbocycles. The van der Waals surface area contributed by atoms with E-state index in [0.717, 1.165) is 0 Å². The first kappa shape index (κ1) is 11.7. The normalized spacial score (nSPS) is 14.0. The van der Waals surface area contributed by atoms with Crippen LogP contribution in [-0.2, 0) is 6.42 Å². The van der Waals surface area contributed by atoms with Crippen LogP contribution >= 0.6 is 7.92 Å². The smallest absolute Gasteiger partial charge is 0.0622 e. The third-order valence-corrected chi connectivity index (χ3v) is 6.47. The summed E-state index contributed by atoms with van der Waals surface area (Å²) >= 11 is 0. The Bertz CT molecular complexity index is 258. The summed E-state index contributed by atoms with van der Waals surface area (Å²) in [5, 5.41) is 0.541. The highest BCUT2D eigenvalue weighted by atomic mass is 31.1. The average molecular weight is 209 g/mol. The molecule has 0 aliphatic rings. The van der Waals surface area contributed by atoms with Gasteiger partial charge in [-0.3, -0.25) is 0 Å². The van der Waals surface area contributed by atoms with Gasteiger partial charge in [0.2, 0.25) is 0 Å². The lowest BCUT2D eigenvalue weighted by Crippen LogP contribution is -2.13. The molecule has 0 nitrogen and oxygen atoms in total. The van der Waals surface area contributed by atoms with Gasteiger partial charge in [-0.05, 0) is 26.3 Å². The van der Waals surface area contributed by atoms with E-state index >= 15 is 0 Å². The first-order chi connectivity index (χ1) is 6.50. The molecular weight excluding hydrogens is 187 g/mol. The largest absolute Gasteiger partial charge is 0.0690 e. The van der Waals surface area contributed by atoms with Crippen LogP contribution in [0.3, 0.4) is 0 Å². The molecule has 1 unspecified atom stereocenters. The Kier molecular flexibility index (Phi) is 4.13. The van der Waals surface area contributed by atoms with Gasteiger partial charge in [-0.15, -0.1) is 0 Å². The van der Waals surface area contributed by atoms with Crippen molar-refractivity contribution in [1.82, 2.24) is 0 Å². The summed E-state index contributed by atoms with van der Waals surface area (Å²) in [5.41, 5.74) is 1.49. The van der Waals surface area contributed by atoms with Crippen LogP contribution in [0.2, 0.25) is 0 Å². The topological polar surface area (TPSA) is 0 Å². The van der Waals surface area contributed by atoms with Crippen molar-refractivity contribution in [3.8, 4) is 0 Å². The van der Waals surface area contributed by atoms with E-state index < -0.39 is 0 Å². The van der Waals surface area contributed by atoms with Gasteiger partial charge >= 0.3 is 0 Å². The summed E-state index contributed by atoms with van der Waals surface area (Å²) in [6.45, 7) is 9.55. The maximum Gasteiger partial charge on any atom is 0.0690 e. The number of hydrogen-bond acceptors (Lipinski definition) is 0. The third-order valence-electron chi connectivity index (χ3n) is 2.91. The molecule has 1 heteroatoms. The van der Waals surface area contributed by atoms with Gasteiger partial charge in [-0.2, -0.15) is 0 Å². The average Bonchev–Trinajstić information content (AvgIpc) is 2.14. The summed E-state index contributed by atoms with van der Waals surface area (Å²) in [7, 11) is -0.203. The predicted molar refractivity (Wildman–Crippen MR) is 69.0 cm³/mol. The van der Waals surface area contributed by atoms with E-state index in [-0.39, 0.29) is 7.92 Å². The lowest BCUT2D eigenvalue weighted by atomic mass is 10.2. The van der Waals surface area contributed by atoms with Crippen molar-refractivity contribution in [2.45, 2.75) is 32.3 Å². The molecule has 0 aromatic heterocycles. The van der Waals surface area contributed by atoms with Crippen molar-refractivity contribution in [2.24, 2.45) is 0 Å². The van der Waals surface area contributed by atoms with E-state index in [0.29, 0.717) is 5.16 Å². The van der Waals surface area contributed by atoms with Crippen LogP contribution in [0, 0.1) is 0 Å². The van der Waals surface area contributed by atoms with Gasteiger partial charge in [0, 0.05) is 21.0 Å². The first-order valence-corrected chi connectivity index (χ1v) is 7.57. The molecule has 78 valence electrons. The molecule has 14 heavy (non-hydrogen) atoms. The molecule has 0 amide bonds. The molecule has 0 heterocycles. The van der Waals surface area contributed by atoms with Crippen LogP contribution < -0.4 is 0 Å². The van der Waals surface area contributed by atoms with E-state index in [1.165, 1.54) is 18.1 Å². The molecule has 0 fully saturated rings. The fraction of sp³-hybridized carbons (Fsp3) is 0.538. The predicted octanol–water partition coefficient (Wildman–Crippen LogP) is 3.87. The molecule has 0 bridgehead atoms. The zero-order chi connectivity index (χ0) is 10.6. The molecule has 0 radical (unpaired) electrons. The van der Waals surface area contributed by atoms with Gasteiger partial charge in [-0.25, -0.2) is 0 Å². The quantitative estimate of drug-likeness (QED) is 0.663. The first-order valence-electron chi connectivity index (χ1n) is 5.37. The van der Waals surface area contributed by atoms with Crippen LogP contribution in [0.1, 0.15) is 26.3 Å². The minimum absolute atomic E-state index is 0.203. The second-order valence-corrected chi connectivity index (χ2v) is 8.58. The lowest BCUT2D eigenvalue weighted by molar-refractivity contribution is 0.781. The van der Waals surface area contributed by atoms with Crippen molar-refractivity contribution >= 4 is 7.92 Å². The monoisotopic (exact) mass is 209 g/mol. The highest BCUT2D eigenvalue weighted by Crippen LogP contribution is 2.45. The van der Waals surface area contributed by atoms with Crippen LogP contribution in [0.25, 0.3) is 0 Å². The molecule has 1 rings (SSSR count). The zero-order valence-corrected chi connectivity index (χ0v) is 10.8. The Morgan fingerprint density at radius 1 is 1.07 bits per heavy atom. The molecule has 1 atom stereocenters. The van der Waals surface area contributed by atoms with E-state index in [2.05, 4.69) is 57.8 Å². The van der Waals surface area contributed by atoms with E-state index in [9.17, 15) is 0 Å². The zero-order valence-electron chi connectivity index (χ0n) is 9.80.